The van der Waals surface area contributed by atoms with Crippen LogP contribution >= 0.6 is 0 Å². The van der Waals surface area contributed by atoms with Gasteiger partial charge in [-0.3, -0.25) is 4.90 Å². The van der Waals surface area contributed by atoms with Crippen molar-refractivity contribution in [1.82, 2.24) is 9.80 Å². The first-order valence-electron chi connectivity index (χ1n) is 6.45. The lowest BCUT2D eigenvalue weighted by atomic mass is 9.97. The number of likely N-dealkylation sites (N-methyl/N-ethyl adjacent to an activating group) is 1. The van der Waals surface area contributed by atoms with E-state index >= 15 is 0 Å². The molecule has 2 aliphatic heterocycles. The zero-order valence-electron chi connectivity index (χ0n) is 10.7. The molecule has 1 atom stereocenters. The van der Waals surface area contributed by atoms with Crippen LogP contribution in [-0.2, 0) is 0 Å². The fraction of sp³-hybridized carbons (Fsp3) is 1.00. The zero-order chi connectivity index (χ0) is 12.2. The van der Waals surface area contributed by atoms with Crippen LogP contribution in [0.15, 0.2) is 0 Å². The molecule has 0 aromatic carbocycles. The van der Waals surface area contributed by atoms with E-state index in [2.05, 4.69) is 11.8 Å². The molecular weight excluding hydrogens is 210 g/mol. The van der Waals surface area contributed by atoms with E-state index in [0.29, 0.717) is 12.5 Å². The van der Waals surface area contributed by atoms with Crippen LogP contribution in [-0.4, -0.2) is 54.5 Å². The lowest BCUT2D eigenvalue weighted by molar-refractivity contribution is -0.0987. The van der Waals surface area contributed by atoms with Gasteiger partial charge in [0.2, 0.25) is 0 Å². The van der Waals surface area contributed by atoms with Crippen molar-refractivity contribution in [2.24, 2.45) is 0 Å². The van der Waals surface area contributed by atoms with Gasteiger partial charge in [-0.05, 0) is 13.0 Å². The summed E-state index contributed by atoms with van der Waals surface area (Å²) in [5.74, 6) is -2.44. The normalized spacial score (nSPS) is 30.2. The Balaban J connectivity index is 0.000000606. The van der Waals surface area contributed by atoms with Gasteiger partial charge in [-0.15, -0.1) is 0 Å². The van der Waals surface area contributed by atoms with Gasteiger partial charge < -0.3 is 4.90 Å². The van der Waals surface area contributed by atoms with E-state index in [-0.39, 0.29) is 13.0 Å². The number of hydrogen-bond donors (Lipinski definition) is 0. The zero-order valence-corrected chi connectivity index (χ0v) is 10.7. The lowest BCUT2D eigenvalue weighted by Crippen LogP contribution is -2.58. The molecule has 4 heteroatoms. The third kappa shape index (κ3) is 3.39. The van der Waals surface area contributed by atoms with Gasteiger partial charge in [-0.1, -0.05) is 20.8 Å². The number of nitrogens with zero attached hydrogens (tertiary/aromatic N) is 2. The van der Waals surface area contributed by atoms with Crippen LogP contribution in [0.5, 0.6) is 0 Å². The van der Waals surface area contributed by atoms with E-state index in [1.165, 1.54) is 0 Å². The largest absolute Gasteiger partial charge is 0.301 e. The van der Waals surface area contributed by atoms with E-state index in [9.17, 15) is 8.78 Å². The Morgan fingerprint density at radius 1 is 1.25 bits per heavy atom. The van der Waals surface area contributed by atoms with E-state index in [0.717, 1.165) is 26.2 Å². The van der Waals surface area contributed by atoms with Crippen LogP contribution in [0.2, 0.25) is 0 Å². The first kappa shape index (κ1) is 13.8. The highest BCUT2D eigenvalue weighted by molar-refractivity contribution is 4.90. The van der Waals surface area contributed by atoms with Crippen LogP contribution in [0, 0.1) is 0 Å². The topological polar surface area (TPSA) is 6.48 Å². The summed E-state index contributed by atoms with van der Waals surface area (Å²) in [5.41, 5.74) is 0. The Labute approximate surface area is 97.6 Å². The van der Waals surface area contributed by atoms with Gasteiger partial charge in [-0.2, -0.15) is 0 Å². The van der Waals surface area contributed by atoms with Crippen molar-refractivity contribution in [1.29, 1.82) is 0 Å². The van der Waals surface area contributed by atoms with E-state index < -0.39 is 5.92 Å². The highest BCUT2D eigenvalue weighted by atomic mass is 19.3. The average Bonchev–Trinajstić information content (AvgIpc) is 2.30. The Hall–Kier alpha value is -0.220. The quantitative estimate of drug-likeness (QED) is 0.687. The molecule has 0 N–H and O–H groups in total. The second-order valence-electron chi connectivity index (χ2n) is 4.41. The van der Waals surface area contributed by atoms with E-state index in [1.807, 2.05) is 18.7 Å². The molecule has 2 rings (SSSR count). The van der Waals surface area contributed by atoms with Gasteiger partial charge in [-0.25, -0.2) is 8.78 Å². The summed E-state index contributed by atoms with van der Waals surface area (Å²) in [6, 6.07) is 0.378. The van der Waals surface area contributed by atoms with Crippen molar-refractivity contribution in [3.05, 3.63) is 0 Å². The number of hydrogen-bond acceptors (Lipinski definition) is 2. The van der Waals surface area contributed by atoms with Crippen molar-refractivity contribution < 1.29 is 8.78 Å². The summed E-state index contributed by atoms with van der Waals surface area (Å²) in [7, 11) is 0. The highest BCUT2D eigenvalue weighted by Crippen LogP contribution is 2.31. The average molecular weight is 234 g/mol. The number of piperazine rings is 1. The maximum Gasteiger partial charge on any atom is 0.260 e. The molecule has 1 unspecified atom stereocenters. The maximum absolute atomic E-state index is 13.1. The first-order valence-corrected chi connectivity index (χ1v) is 6.45. The van der Waals surface area contributed by atoms with Crippen LogP contribution in [0.25, 0.3) is 0 Å². The van der Waals surface area contributed by atoms with Gasteiger partial charge in [0.05, 0.1) is 6.54 Å². The van der Waals surface area contributed by atoms with Gasteiger partial charge in [0.1, 0.15) is 0 Å². The summed E-state index contributed by atoms with van der Waals surface area (Å²) < 4.78 is 26.2. The highest BCUT2D eigenvalue weighted by Gasteiger charge is 2.41. The van der Waals surface area contributed by atoms with Gasteiger partial charge >= 0.3 is 0 Å². The molecule has 2 aliphatic rings. The SMILES string of the molecule is CC.CCN1CCN2CC(F)(F)CCC2C1. The van der Waals surface area contributed by atoms with Gasteiger partial charge in [0, 0.05) is 32.1 Å². The first-order chi connectivity index (χ1) is 7.61. The molecule has 2 saturated heterocycles. The van der Waals surface area contributed by atoms with Crippen molar-refractivity contribution >= 4 is 0 Å². The van der Waals surface area contributed by atoms with Crippen molar-refractivity contribution in [3.8, 4) is 0 Å². The molecule has 0 amide bonds. The molecule has 0 saturated carbocycles. The summed E-state index contributed by atoms with van der Waals surface area (Å²) in [6.45, 7) is 9.90. The van der Waals surface area contributed by atoms with Crippen LogP contribution < -0.4 is 0 Å². The lowest BCUT2D eigenvalue weighted by Gasteiger charge is -2.45. The van der Waals surface area contributed by atoms with Crippen molar-refractivity contribution in [2.75, 3.05) is 32.7 Å². The molecule has 96 valence electrons. The molecule has 0 bridgehead atoms. The predicted molar refractivity (Wildman–Crippen MR) is 63.0 cm³/mol. The summed E-state index contributed by atoms with van der Waals surface area (Å²) >= 11 is 0. The maximum atomic E-state index is 13.1. The number of piperidine rings is 1. The second-order valence-corrected chi connectivity index (χ2v) is 4.41. The molecule has 16 heavy (non-hydrogen) atoms. The molecule has 2 heterocycles. The molecular formula is C12H24F2N2. The third-order valence-electron chi connectivity index (χ3n) is 3.41. The van der Waals surface area contributed by atoms with Crippen molar-refractivity contribution in [3.63, 3.8) is 0 Å². The van der Waals surface area contributed by atoms with Crippen LogP contribution in [0.3, 0.4) is 0 Å². The number of halogens is 2. The molecule has 0 aromatic heterocycles. The van der Waals surface area contributed by atoms with Crippen LogP contribution in [0.1, 0.15) is 33.6 Å². The fourth-order valence-electron chi connectivity index (χ4n) is 2.48. The third-order valence-corrected chi connectivity index (χ3v) is 3.41. The van der Waals surface area contributed by atoms with E-state index in [1.54, 1.807) is 0 Å². The number of fused-ring (bicyclic) bond motifs is 1. The van der Waals surface area contributed by atoms with Gasteiger partial charge in [0.15, 0.2) is 0 Å². The molecule has 0 spiro atoms. The van der Waals surface area contributed by atoms with Gasteiger partial charge in [0.25, 0.3) is 5.92 Å². The Bertz CT molecular complexity index is 209. The standard InChI is InChI=1S/C10H18F2N2.C2H6/c1-2-13-5-6-14-8-10(11,12)4-3-9(14)7-13;1-2/h9H,2-8H2,1H3;1-2H3. The Morgan fingerprint density at radius 2 is 1.94 bits per heavy atom. The minimum atomic E-state index is -2.44. The molecule has 2 fully saturated rings. The fourth-order valence-corrected chi connectivity index (χ4v) is 2.48. The minimum absolute atomic E-state index is 0.0186. The summed E-state index contributed by atoms with van der Waals surface area (Å²) in [4.78, 5) is 4.32. The van der Waals surface area contributed by atoms with Crippen molar-refractivity contribution in [2.45, 2.75) is 45.6 Å². The second kappa shape index (κ2) is 5.92. The smallest absolute Gasteiger partial charge is 0.260 e. The molecule has 0 radical (unpaired) electrons. The van der Waals surface area contributed by atoms with E-state index in [4.69, 9.17) is 0 Å². The monoisotopic (exact) mass is 234 g/mol. The number of alkyl halides is 2. The number of rotatable bonds is 1. The molecule has 0 aromatic rings. The summed E-state index contributed by atoms with van der Waals surface area (Å²) in [5, 5.41) is 0. The Morgan fingerprint density at radius 3 is 2.56 bits per heavy atom. The van der Waals surface area contributed by atoms with Crippen LogP contribution in [0.4, 0.5) is 8.78 Å². The molecule has 0 aliphatic carbocycles. The summed E-state index contributed by atoms with van der Waals surface area (Å²) in [6.07, 6.45) is 0.731. The predicted octanol–water partition coefficient (Wildman–Crippen LogP) is 2.45. The minimum Gasteiger partial charge on any atom is -0.301 e. The molecule has 2 nitrogen and oxygen atoms in total. The Kier molecular flexibility index (Phi) is 5.12.